The number of oxazole rings is 1. The van der Waals surface area contributed by atoms with E-state index in [1.165, 1.54) is 5.56 Å². The Kier molecular flexibility index (Phi) is 2.42. The summed E-state index contributed by atoms with van der Waals surface area (Å²) in [4.78, 5) is 4.31. The van der Waals surface area contributed by atoms with Crippen LogP contribution in [-0.4, -0.2) is 31.8 Å². The first kappa shape index (κ1) is 10.7. The summed E-state index contributed by atoms with van der Waals surface area (Å²) in [7, 11) is 1.97. The summed E-state index contributed by atoms with van der Waals surface area (Å²) < 4.78 is 11.0. The fraction of sp³-hybridized carbons (Fsp3) is 0.462. The summed E-state index contributed by atoms with van der Waals surface area (Å²) in [5.41, 5.74) is 3.15. The minimum atomic E-state index is 0.101. The highest BCUT2D eigenvalue weighted by atomic mass is 16.5. The van der Waals surface area contributed by atoms with Crippen LogP contribution < -0.4 is 5.32 Å². The zero-order chi connectivity index (χ0) is 11.9. The smallest absolute Gasteiger partial charge is 0.192 e. The summed E-state index contributed by atoms with van der Waals surface area (Å²) in [5.74, 6) is 0.713. The molecular weight excluding hydrogens is 216 g/mol. The highest BCUT2D eigenvalue weighted by molar-refractivity contribution is 5.73. The Morgan fingerprint density at radius 1 is 1.41 bits per heavy atom. The van der Waals surface area contributed by atoms with E-state index < -0.39 is 0 Å². The van der Waals surface area contributed by atoms with E-state index in [4.69, 9.17) is 9.15 Å². The lowest BCUT2D eigenvalue weighted by molar-refractivity contribution is -0.0582. The van der Waals surface area contributed by atoms with Gasteiger partial charge in [-0.1, -0.05) is 6.07 Å². The third kappa shape index (κ3) is 1.64. The Morgan fingerprint density at radius 2 is 2.24 bits per heavy atom. The number of hydrogen-bond acceptors (Lipinski definition) is 4. The molecule has 17 heavy (non-hydrogen) atoms. The summed E-state index contributed by atoms with van der Waals surface area (Å²) in [6, 6.07) is 6.25. The molecule has 1 aromatic heterocycles. The molecular formula is C13H16N2O2. The zero-order valence-corrected chi connectivity index (χ0v) is 10.1. The van der Waals surface area contributed by atoms with Crippen molar-refractivity contribution in [1.82, 2.24) is 10.3 Å². The molecule has 1 aliphatic heterocycles. The standard InChI is InChI=1S/C13H16N2O2/c1-9-15-11-4-3-10(5-12(11)17-9)13(6-14-2)7-16-8-13/h3-5,14H,6-8H2,1-2H3. The number of fused-ring (bicyclic) bond motifs is 1. The third-order valence-corrected chi connectivity index (χ3v) is 3.38. The molecule has 2 heterocycles. The van der Waals surface area contributed by atoms with Crippen LogP contribution in [0.2, 0.25) is 0 Å². The van der Waals surface area contributed by atoms with Gasteiger partial charge in [-0.05, 0) is 24.7 Å². The Morgan fingerprint density at radius 3 is 2.88 bits per heavy atom. The summed E-state index contributed by atoms with van der Waals surface area (Å²) in [6.07, 6.45) is 0. The molecule has 1 saturated heterocycles. The SMILES string of the molecule is CNCC1(c2ccc3nc(C)oc3c2)COC1. The predicted molar refractivity (Wildman–Crippen MR) is 65.2 cm³/mol. The van der Waals surface area contributed by atoms with Gasteiger partial charge < -0.3 is 14.5 Å². The normalized spacial score (nSPS) is 18.2. The van der Waals surface area contributed by atoms with Crippen molar-refractivity contribution in [3.05, 3.63) is 29.7 Å². The second-order valence-corrected chi connectivity index (χ2v) is 4.72. The minimum absolute atomic E-state index is 0.101. The van der Waals surface area contributed by atoms with Gasteiger partial charge in [0.15, 0.2) is 11.5 Å². The predicted octanol–water partition coefficient (Wildman–Crippen LogP) is 1.62. The van der Waals surface area contributed by atoms with Crippen molar-refractivity contribution >= 4 is 11.1 Å². The lowest BCUT2D eigenvalue weighted by Gasteiger charge is -2.41. The largest absolute Gasteiger partial charge is 0.441 e. The van der Waals surface area contributed by atoms with Crippen LogP contribution in [0.3, 0.4) is 0 Å². The van der Waals surface area contributed by atoms with E-state index in [0.29, 0.717) is 5.89 Å². The number of rotatable bonds is 3. The molecule has 3 rings (SSSR count). The van der Waals surface area contributed by atoms with E-state index in [1.807, 2.05) is 20.0 Å². The summed E-state index contributed by atoms with van der Waals surface area (Å²) in [5, 5.41) is 3.24. The van der Waals surface area contributed by atoms with E-state index in [2.05, 4.69) is 22.4 Å². The molecule has 0 aliphatic carbocycles. The Labute approximate surface area is 100.0 Å². The van der Waals surface area contributed by atoms with Gasteiger partial charge in [-0.25, -0.2) is 4.98 Å². The molecule has 4 nitrogen and oxygen atoms in total. The molecule has 0 radical (unpaired) electrons. The zero-order valence-electron chi connectivity index (χ0n) is 10.1. The quantitative estimate of drug-likeness (QED) is 0.873. The molecule has 1 aliphatic rings. The van der Waals surface area contributed by atoms with Gasteiger partial charge in [0.25, 0.3) is 0 Å². The Balaban J connectivity index is 2.04. The molecule has 1 fully saturated rings. The van der Waals surface area contributed by atoms with E-state index in [9.17, 15) is 0 Å². The lowest BCUT2D eigenvalue weighted by atomic mass is 9.78. The summed E-state index contributed by atoms with van der Waals surface area (Å²) >= 11 is 0. The number of nitrogens with one attached hydrogen (secondary N) is 1. The molecule has 90 valence electrons. The van der Waals surface area contributed by atoms with E-state index in [0.717, 1.165) is 30.9 Å². The maximum Gasteiger partial charge on any atom is 0.192 e. The van der Waals surface area contributed by atoms with Crippen LogP contribution in [0.5, 0.6) is 0 Å². The van der Waals surface area contributed by atoms with Crippen LogP contribution in [0.25, 0.3) is 11.1 Å². The Bertz CT molecular complexity index is 543. The van der Waals surface area contributed by atoms with Gasteiger partial charge in [0, 0.05) is 13.5 Å². The van der Waals surface area contributed by atoms with Gasteiger partial charge in [0.2, 0.25) is 0 Å². The van der Waals surface area contributed by atoms with Gasteiger partial charge >= 0.3 is 0 Å². The van der Waals surface area contributed by atoms with Crippen molar-refractivity contribution in [2.45, 2.75) is 12.3 Å². The Hall–Kier alpha value is -1.39. The average molecular weight is 232 g/mol. The molecule has 1 aromatic carbocycles. The number of hydrogen-bond donors (Lipinski definition) is 1. The summed E-state index contributed by atoms with van der Waals surface area (Å²) in [6.45, 7) is 4.33. The van der Waals surface area contributed by atoms with E-state index in [1.54, 1.807) is 0 Å². The number of nitrogens with zero attached hydrogens (tertiary/aromatic N) is 1. The van der Waals surface area contributed by atoms with Crippen LogP contribution in [0.4, 0.5) is 0 Å². The highest BCUT2D eigenvalue weighted by Gasteiger charge is 2.39. The molecule has 0 spiro atoms. The first-order valence-corrected chi connectivity index (χ1v) is 5.84. The number of benzene rings is 1. The van der Waals surface area contributed by atoms with Crippen molar-refractivity contribution in [2.24, 2.45) is 0 Å². The lowest BCUT2D eigenvalue weighted by Crippen LogP contribution is -2.52. The monoisotopic (exact) mass is 232 g/mol. The molecule has 0 amide bonds. The number of ether oxygens (including phenoxy) is 1. The van der Waals surface area contributed by atoms with Crippen LogP contribution in [0, 0.1) is 6.92 Å². The maximum absolute atomic E-state index is 5.58. The van der Waals surface area contributed by atoms with Crippen LogP contribution in [-0.2, 0) is 10.2 Å². The van der Waals surface area contributed by atoms with Gasteiger partial charge in [-0.3, -0.25) is 0 Å². The van der Waals surface area contributed by atoms with Crippen LogP contribution in [0.1, 0.15) is 11.5 Å². The number of aryl methyl sites for hydroxylation is 1. The van der Waals surface area contributed by atoms with E-state index in [-0.39, 0.29) is 5.41 Å². The fourth-order valence-electron chi connectivity index (χ4n) is 2.43. The van der Waals surface area contributed by atoms with Crippen LogP contribution in [0.15, 0.2) is 22.6 Å². The molecule has 1 N–H and O–H groups in total. The van der Waals surface area contributed by atoms with Crippen LogP contribution >= 0.6 is 0 Å². The van der Waals surface area contributed by atoms with E-state index >= 15 is 0 Å². The van der Waals surface area contributed by atoms with Gasteiger partial charge in [-0.15, -0.1) is 0 Å². The fourth-order valence-corrected chi connectivity index (χ4v) is 2.43. The van der Waals surface area contributed by atoms with Gasteiger partial charge in [-0.2, -0.15) is 0 Å². The molecule has 0 unspecified atom stereocenters. The molecule has 0 bridgehead atoms. The first-order valence-electron chi connectivity index (χ1n) is 5.84. The highest BCUT2D eigenvalue weighted by Crippen LogP contribution is 2.33. The number of likely N-dealkylation sites (N-methyl/N-ethyl adjacent to an activating group) is 1. The van der Waals surface area contributed by atoms with Gasteiger partial charge in [0.05, 0.1) is 18.6 Å². The van der Waals surface area contributed by atoms with Crippen molar-refractivity contribution in [3.63, 3.8) is 0 Å². The second kappa shape index (κ2) is 3.82. The molecule has 0 atom stereocenters. The average Bonchev–Trinajstić information content (AvgIpc) is 2.62. The van der Waals surface area contributed by atoms with Crippen molar-refractivity contribution in [3.8, 4) is 0 Å². The molecule has 0 saturated carbocycles. The topological polar surface area (TPSA) is 47.3 Å². The first-order chi connectivity index (χ1) is 8.23. The van der Waals surface area contributed by atoms with Crippen molar-refractivity contribution in [2.75, 3.05) is 26.8 Å². The number of aromatic nitrogens is 1. The van der Waals surface area contributed by atoms with Crippen molar-refractivity contribution < 1.29 is 9.15 Å². The van der Waals surface area contributed by atoms with Gasteiger partial charge in [0.1, 0.15) is 5.52 Å². The third-order valence-electron chi connectivity index (χ3n) is 3.38. The second-order valence-electron chi connectivity index (χ2n) is 4.72. The minimum Gasteiger partial charge on any atom is -0.441 e. The molecule has 4 heteroatoms. The molecule has 2 aromatic rings. The maximum atomic E-state index is 5.58. The van der Waals surface area contributed by atoms with Crippen molar-refractivity contribution in [1.29, 1.82) is 0 Å².